The molecular weight excluding hydrogens is 354 g/mol. The number of rotatable bonds is 6. The molecule has 0 saturated carbocycles. The van der Waals surface area contributed by atoms with E-state index in [2.05, 4.69) is 0 Å². The lowest BCUT2D eigenvalue weighted by Crippen LogP contribution is -2.31. The number of carbonyl (C=O) groups is 2. The van der Waals surface area contributed by atoms with Gasteiger partial charge in [0.15, 0.2) is 0 Å². The summed E-state index contributed by atoms with van der Waals surface area (Å²) in [7, 11) is 1.60. The number of carbonyl (C=O) groups excluding carboxylic acids is 2. The number of aliphatic hydroxyl groups is 1. The van der Waals surface area contributed by atoms with Gasteiger partial charge in [0, 0.05) is 25.8 Å². The fourth-order valence-corrected chi connectivity index (χ4v) is 3.45. The van der Waals surface area contributed by atoms with Crippen molar-refractivity contribution in [1.82, 2.24) is 4.90 Å². The highest BCUT2D eigenvalue weighted by Gasteiger charge is 2.45. The Morgan fingerprint density at radius 3 is 2.14 bits per heavy atom. The van der Waals surface area contributed by atoms with Crippen LogP contribution < -0.4 is 0 Å². The molecule has 2 aromatic carbocycles. The molecular formula is C23H25NO4. The van der Waals surface area contributed by atoms with Gasteiger partial charge in [-0.2, -0.15) is 0 Å². The number of methoxy groups -OCH3 is 1. The van der Waals surface area contributed by atoms with Gasteiger partial charge >= 0.3 is 0 Å². The molecule has 1 unspecified atom stereocenters. The highest BCUT2D eigenvalue weighted by molar-refractivity contribution is 6.46. The van der Waals surface area contributed by atoms with E-state index in [1.54, 1.807) is 19.2 Å². The summed E-state index contributed by atoms with van der Waals surface area (Å²) in [5.74, 6) is -1.38. The summed E-state index contributed by atoms with van der Waals surface area (Å²) in [6, 6.07) is 14.3. The molecule has 1 aliphatic heterocycles. The molecule has 0 aliphatic carbocycles. The number of ketones is 1. The molecule has 2 aromatic rings. The van der Waals surface area contributed by atoms with Crippen LogP contribution in [-0.2, 0) is 14.3 Å². The molecule has 1 heterocycles. The predicted octanol–water partition coefficient (Wildman–Crippen LogP) is 3.76. The second-order valence-corrected chi connectivity index (χ2v) is 7.12. The number of amides is 1. The van der Waals surface area contributed by atoms with Crippen molar-refractivity contribution >= 4 is 17.4 Å². The summed E-state index contributed by atoms with van der Waals surface area (Å²) in [5.41, 5.74) is 3.59. The van der Waals surface area contributed by atoms with Gasteiger partial charge in [0.05, 0.1) is 11.6 Å². The van der Waals surface area contributed by atoms with Gasteiger partial charge in [0.25, 0.3) is 11.7 Å². The standard InChI is InChI=1S/C23H25NO4/c1-15-5-9-17(10-6-15)20-19(21(25)18-11-7-16(2)8-12-18)22(26)23(27)24(20)13-4-14-28-3/h5-12,20,25H,4,13-14H2,1-3H3/b21-19+. The maximum absolute atomic E-state index is 12.8. The maximum atomic E-state index is 12.8. The van der Waals surface area contributed by atoms with Crippen molar-refractivity contribution in [3.63, 3.8) is 0 Å². The van der Waals surface area contributed by atoms with E-state index in [9.17, 15) is 14.7 Å². The molecule has 1 N–H and O–H groups in total. The fraction of sp³-hybridized carbons (Fsp3) is 0.304. The van der Waals surface area contributed by atoms with Crippen LogP contribution in [0.25, 0.3) is 5.76 Å². The Labute approximate surface area is 165 Å². The normalized spacial score (nSPS) is 18.7. The van der Waals surface area contributed by atoms with Crippen LogP contribution in [0.2, 0.25) is 0 Å². The Morgan fingerprint density at radius 2 is 1.57 bits per heavy atom. The lowest BCUT2D eigenvalue weighted by atomic mass is 9.94. The van der Waals surface area contributed by atoms with Gasteiger partial charge in [-0.3, -0.25) is 9.59 Å². The molecule has 1 atom stereocenters. The maximum Gasteiger partial charge on any atom is 0.295 e. The van der Waals surface area contributed by atoms with Gasteiger partial charge in [0.2, 0.25) is 0 Å². The minimum absolute atomic E-state index is 0.134. The first-order valence-corrected chi connectivity index (χ1v) is 9.35. The number of likely N-dealkylation sites (tertiary alicyclic amines) is 1. The zero-order valence-corrected chi connectivity index (χ0v) is 16.4. The summed E-state index contributed by atoms with van der Waals surface area (Å²) in [4.78, 5) is 27.1. The quantitative estimate of drug-likeness (QED) is 0.359. The first-order valence-electron chi connectivity index (χ1n) is 9.35. The highest BCUT2D eigenvalue weighted by atomic mass is 16.5. The molecule has 5 heteroatoms. The topological polar surface area (TPSA) is 66.8 Å². The van der Waals surface area contributed by atoms with Gasteiger partial charge in [-0.05, 0) is 25.8 Å². The number of hydrogen-bond donors (Lipinski definition) is 1. The van der Waals surface area contributed by atoms with E-state index >= 15 is 0 Å². The number of aliphatic hydroxyl groups excluding tert-OH is 1. The average molecular weight is 379 g/mol. The first kappa shape index (κ1) is 19.8. The molecule has 0 radical (unpaired) electrons. The average Bonchev–Trinajstić information content (AvgIpc) is 2.94. The molecule has 0 spiro atoms. The van der Waals surface area contributed by atoms with E-state index in [-0.39, 0.29) is 11.3 Å². The monoisotopic (exact) mass is 379 g/mol. The van der Waals surface area contributed by atoms with Crippen LogP contribution in [0, 0.1) is 13.8 Å². The lowest BCUT2D eigenvalue weighted by Gasteiger charge is -2.25. The Balaban J connectivity index is 2.10. The number of hydrogen-bond acceptors (Lipinski definition) is 4. The largest absolute Gasteiger partial charge is 0.507 e. The van der Waals surface area contributed by atoms with Crippen molar-refractivity contribution in [3.8, 4) is 0 Å². The lowest BCUT2D eigenvalue weighted by molar-refractivity contribution is -0.140. The smallest absolute Gasteiger partial charge is 0.295 e. The predicted molar refractivity (Wildman–Crippen MR) is 108 cm³/mol. The van der Waals surface area contributed by atoms with Crippen molar-refractivity contribution in [2.45, 2.75) is 26.3 Å². The first-order chi connectivity index (χ1) is 13.4. The van der Waals surface area contributed by atoms with Crippen LogP contribution in [0.1, 0.15) is 34.7 Å². The van der Waals surface area contributed by atoms with Crippen LogP contribution in [0.4, 0.5) is 0 Å². The number of aryl methyl sites for hydroxylation is 2. The molecule has 1 aliphatic rings. The number of ether oxygens (including phenoxy) is 1. The minimum atomic E-state index is -0.652. The summed E-state index contributed by atoms with van der Waals surface area (Å²) >= 11 is 0. The van der Waals surface area contributed by atoms with E-state index in [1.165, 1.54) is 4.90 Å². The third-order valence-corrected chi connectivity index (χ3v) is 5.01. The Morgan fingerprint density at radius 1 is 1.00 bits per heavy atom. The van der Waals surface area contributed by atoms with Gasteiger partial charge in [-0.15, -0.1) is 0 Å². The van der Waals surface area contributed by atoms with Crippen LogP contribution >= 0.6 is 0 Å². The second kappa shape index (κ2) is 8.40. The molecule has 3 rings (SSSR count). The van der Waals surface area contributed by atoms with Crippen LogP contribution in [0.5, 0.6) is 0 Å². The Hall–Kier alpha value is -2.92. The molecule has 0 aromatic heterocycles. The Bertz CT molecular complexity index is 897. The summed E-state index contributed by atoms with van der Waals surface area (Å²) < 4.78 is 5.09. The molecule has 28 heavy (non-hydrogen) atoms. The van der Waals surface area contributed by atoms with E-state index in [4.69, 9.17) is 4.74 Å². The van der Waals surface area contributed by atoms with Crippen LogP contribution in [0.3, 0.4) is 0 Å². The fourth-order valence-electron chi connectivity index (χ4n) is 3.45. The van der Waals surface area contributed by atoms with Crippen LogP contribution in [0.15, 0.2) is 54.1 Å². The van der Waals surface area contributed by atoms with E-state index < -0.39 is 17.7 Å². The summed E-state index contributed by atoms with van der Waals surface area (Å²) in [5, 5.41) is 10.9. The summed E-state index contributed by atoms with van der Waals surface area (Å²) in [6.07, 6.45) is 0.608. The molecule has 5 nitrogen and oxygen atoms in total. The van der Waals surface area contributed by atoms with E-state index in [0.29, 0.717) is 25.1 Å². The number of nitrogens with zero attached hydrogens (tertiary/aromatic N) is 1. The van der Waals surface area contributed by atoms with Crippen molar-refractivity contribution < 1.29 is 19.4 Å². The van der Waals surface area contributed by atoms with Gasteiger partial charge in [-0.25, -0.2) is 0 Å². The van der Waals surface area contributed by atoms with Crippen LogP contribution in [-0.4, -0.2) is 42.0 Å². The zero-order chi connectivity index (χ0) is 20.3. The minimum Gasteiger partial charge on any atom is -0.507 e. The third-order valence-electron chi connectivity index (χ3n) is 5.01. The molecule has 1 saturated heterocycles. The molecule has 0 bridgehead atoms. The molecule has 146 valence electrons. The van der Waals surface area contributed by atoms with Crippen molar-refractivity contribution in [2.24, 2.45) is 0 Å². The SMILES string of the molecule is COCCCN1C(=O)C(=O)/C(=C(/O)c2ccc(C)cc2)C1c1ccc(C)cc1. The summed E-state index contributed by atoms with van der Waals surface area (Å²) in [6.45, 7) is 4.79. The second-order valence-electron chi connectivity index (χ2n) is 7.12. The van der Waals surface area contributed by atoms with Crippen molar-refractivity contribution in [1.29, 1.82) is 0 Å². The van der Waals surface area contributed by atoms with Gasteiger partial charge in [-0.1, -0.05) is 59.7 Å². The molecule has 1 amide bonds. The highest BCUT2D eigenvalue weighted by Crippen LogP contribution is 2.39. The van der Waals surface area contributed by atoms with Gasteiger partial charge in [0.1, 0.15) is 5.76 Å². The molecule has 1 fully saturated rings. The van der Waals surface area contributed by atoms with Crippen molar-refractivity contribution in [3.05, 3.63) is 76.4 Å². The van der Waals surface area contributed by atoms with Crippen molar-refractivity contribution in [2.75, 3.05) is 20.3 Å². The Kier molecular flexibility index (Phi) is 5.95. The zero-order valence-electron chi connectivity index (χ0n) is 16.4. The third kappa shape index (κ3) is 3.85. The number of benzene rings is 2. The number of Topliss-reactive ketones (excluding diaryl/α,β-unsaturated/α-hetero) is 1. The van der Waals surface area contributed by atoms with E-state index in [1.807, 2.05) is 50.2 Å². The van der Waals surface area contributed by atoms with E-state index in [0.717, 1.165) is 16.7 Å². The van der Waals surface area contributed by atoms with Gasteiger partial charge < -0.3 is 14.7 Å².